The van der Waals surface area contributed by atoms with E-state index < -0.39 is 6.43 Å². The van der Waals surface area contributed by atoms with E-state index in [-0.39, 0.29) is 18.6 Å². The van der Waals surface area contributed by atoms with Crippen LogP contribution in [-0.4, -0.2) is 52.6 Å². The highest BCUT2D eigenvalue weighted by atomic mass is 32.1. The van der Waals surface area contributed by atoms with E-state index >= 15 is 0 Å². The molecular weight excluding hydrogens is 264 g/mol. The Balaban J connectivity index is 1.72. The lowest BCUT2D eigenvalue weighted by Crippen LogP contribution is -2.40. The van der Waals surface area contributed by atoms with Gasteiger partial charge in [0.1, 0.15) is 5.00 Å². The minimum atomic E-state index is -2.33. The molecule has 2 amide bonds. The molecule has 1 atom stereocenters. The zero-order valence-corrected chi connectivity index (χ0v) is 10.3. The summed E-state index contributed by atoms with van der Waals surface area (Å²) in [4.78, 5) is 13.2. The molecule has 1 aliphatic heterocycles. The molecule has 100 valence electrons. The van der Waals surface area contributed by atoms with Gasteiger partial charge in [0, 0.05) is 30.7 Å². The largest absolute Gasteiger partial charge is 0.334 e. The molecule has 2 heterocycles. The number of rotatable bonds is 4. The van der Waals surface area contributed by atoms with Crippen LogP contribution in [0.1, 0.15) is 6.42 Å². The van der Waals surface area contributed by atoms with Crippen LogP contribution in [0.4, 0.5) is 18.6 Å². The van der Waals surface area contributed by atoms with Crippen LogP contribution in [0, 0.1) is 0 Å². The fourth-order valence-electron chi connectivity index (χ4n) is 1.87. The van der Waals surface area contributed by atoms with E-state index in [9.17, 15) is 13.6 Å². The number of nitrogens with zero attached hydrogens (tertiary/aromatic N) is 3. The van der Waals surface area contributed by atoms with E-state index in [2.05, 4.69) is 20.2 Å². The van der Waals surface area contributed by atoms with Gasteiger partial charge in [-0.2, -0.15) is 0 Å². The Morgan fingerprint density at radius 1 is 1.67 bits per heavy atom. The van der Waals surface area contributed by atoms with E-state index in [4.69, 9.17) is 0 Å². The van der Waals surface area contributed by atoms with Crippen LogP contribution >= 0.6 is 11.5 Å². The summed E-state index contributed by atoms with van der Waals surface area (Å²) in [6.07, 6.45) is -0.205. The number of hydrogen-bond donors (Lipinski definition) is 2. The van der Waals surface area contributed by atoms with E-state index in [1.54, 1.807) is 4.90 Å². The van der Waals surface area contributed by atoms with Crippen molar-refractivity contribution in [1.29, 1.82) is 0 Å². The van der Waals surface area contributed by atoms with Crippen molar-refractivity contribution in [2.75, 3.05) is 25.0 Å². The molecule has 18 heavy (non-hydrogen) atoms. The summed E-state index contributed by atoms with van der Waals surface area (Å²) in [5.41, 5.74) is 0. The summed E-state index contributed by atoms with van der Waals surface area (Å²) in [5.74, 6) is 0. The Kier molecular flexibility index (Phi) is 4.37. The average Bonchev–Trinajstić information content (AvgIpc) is 2.89. The van der Waals surface area contributed by atoms with Crippen molar-refractivity contribution in [3.05, 3.63) is 6.20 Å². The van der Waals surface area contributed by atoms with Gasteiger partial charge in [0.25, 0.3) is 6.43 Å². The third kappa shape index (κ3) is 3.84. The molecule has 2 rings (SSSR count). The monoisotopic (exact) mass is 277 g/mol. The normalized spacial score (nSPS) is 20.3. The molecule has 0 aliphatic carbocycles. The lowest BCUT2D eigenvalue weighted by atomic mass is 10.3. The maximum absolute atomic E-state index is 12.2. The molecule has 0 radical (unpaired) electrons. The van der Waals surface area contributed by atoms with Crippen molar-refractivity contribution in [1.82, 2.24) is 19.8 Å². The predicted octanol–water partition coefficient (Wildman–Crippen LogP) is 0.999. The van der Waals surface area contributed by atoms with Gasteiger partial charge in [0.15, 0.2) is 0 Å². The minimum absolute atomic E-state index is 0.0929. The number of hydrogen-bond acceptors (Lipinski definition) is 5. The second-order valence-corrected chi connectivity index (χ2v) is 4.80. The molecule has 0 spiro atoms. The molecule has 1 aromatic rings. The molecule has 9 heteroatoms. The quantitative estimate of drug-likeness (QED) is 0.861. The van der Waals surface area contributed by atoms with Crippen LogP contribution in [-0.2, 0) is 0 Å². The number of aromatic nitrogens is 2. The first kappa shape index (κ1) is 13.1. The number of carbonyl (C=O) groups is 1. The predicted molar refractivity (Wildman–Crippen MR) is 62.9 cm³/mol. The molecule has 0 saturated carbocycles. The molecule has 1 fully saturated rings. The lowest BCUT2D eigenvalue weighted by molar-refractivity contribution is 0.0988. The Morgan fingerprint density at radius 2 is 2.50 bits per heavy atom. The second kappa shape index (κ2) is 6.01. The molecule has 1 unspecified atom stereocenters. The van der Waals surface area contributed by atoms with Gasteiger partial charge in [0.05, 0.1) is 12.7 Å². The first-order chi connectivity index (χ1) is 8.63. The van der Waals surface area contributed by atoms with Gasteiger partial charge in [-0.05, 0) is 6.42 Å². The Labute approximate surface area is 107 Å². The summed E-state index contributed by atoms with van der Waals surface area (Å²) >= 11 is 1.08. The number of halogens is 2. The third-order valence-electron chi connectivity index (χ3n) is 2.60. The van der Waals surface area contributed by atoms with Crippen LogP contribution in [0.25, 0.3) is 0 Å². The Morgan fingerprint density at radius 3 is 3.17 bits per heavy atom. The molecular formula is C9H13F2N5OS. The van der Waals surface area contributed by atoms with E-state index in [1.165, 1.54) is 6.20 Å². The lowest BCUT2D eigenvalue weighted by Gasteiger charge is -2.15. The average molecular weight is 277 g/mol. The SMILES string of the molecule is O=C(Nc1cnns1)NC1CCN(CC(F)F)C1. The van der Waals surface area contributed by atoms with E-state index in [1.807, 2.05) is 0 Å². The highest BCUT2D eigenvalue weighted by molar-refractivity contribution is 7.10. The summed E-state index contributed by atoms with van der Waals surface area (Å²) in [6.45, 7) is 0.800. The standard InChI is InChI=1S/C9H13F2N5OS/c10-7(11)5-16-2-1-6(4-16)13-9(17)14-8-3-12-15-18-8/h3,6-7H,1-2,4-5H2,(H2,13,14,17). The number of likely N-dealkylation sites (tertiary alicyclic amines) is 1. The first-order valence-electron chi connectivity index (χ1n) is 5.49. The molecule has 6 nitrogen and oxygen atoms in total. The smallest absolute Gasteiger partial charge is 0.320 e. The molecule has 1 saturated heterocycles. The first-order valence-corrected chi connectivity index (χ1v) is 6.26. The van der Waals surface area contributed by atoms with Gasteiger partial charge in [0.2, 0.25) is 0 Å². The number of alkyl halides is 2. The van der Waals surface area contributed by atoms with Gasteiger partial charge >= 0.3 is 6.03 Å². The van der Waals surface area contributed by atoms with Crippen LogP contribution in [0.15, 0.2) is 6.20 Å². The molecule has 1 aliphatic rings. The van der Waals surface area contributed by atoms with Crippen molar-refractivity contribution < 1.29 is 13.6 Å². The molecule has 1 aromatic heterocycles. The maximum Gasteiger partial charge on any atom is 0.320 e. The highest BCUT2D eigenvalue weighted by Gasteiger charge is 2.25. The summed E-state index contributed by atoms with van der Waals surface area (Å²) in [6, 6.07) is -0.449. The van der Waals surface area contributed by atoms with Crippen LogP contribution < -0.4 is 10.6 Å². The van der Waals surface area contributed by atoms with Crippen molar-refractivity contribution in [3.63, 3.8) is 0 Å². The topological polar surface area (TPSA) is 70.1 Å². The van der Waals surface area contributed by atoms with E-state index in [0.29, 0.717) is 24.5 Å². The summed E-state index contributed by atoms with van der Waals surface area (Å²) < 4.78 is 28.0. The number of anilines is 1. The van der Waals surface area contributed by atoms with Gasteiger partial charge in [-0.3, -0.25) is 10.2 Å². The van der Waals surface area contributed by atoms with Crippen molar-refractivity contribution >= 4 is 22.6 Å². The van der Waals surface area contributed by atoms with Crippen LogP contribution in [0.3, 0.4) is 0 Å². The minimum Gasteiger partial charge on any atom is -0.334 e. The number of carbonyl (C=O) groups excluding carboxylic acids is 1. The van der Waals surface area contributed by atoms with Crippen LogP contribution in [0.2, 0.25) is 0 Å². The fourth-order valence-corrected chi connectivity index (χ4v) is 2.28. The second-order valence-electron chi connectivity index (χ2n) is 4.02. The van der Waals surface area contributed by atoms with Gasteiger partial charge in [-0.1, -0.05) is 4.49 Å². The fraction of sp³-hybridized carbons (Fsp3) is 0.667. The van der Waals surface area contributed by atoms with Crippen molar-refractivity contribution in [3.8, 4) is 0 Å². The number of amides is 2. The maximum atomic E-state index is 12.2. The number of nitrogens with one attached hydrogen (secondary N) is 2. The van der Waals surface area contributed by atoms with Crippen molar-refractivity contribution in [2.45, 2.75) is 18.9 Å². The van der Waals surface area contributed by atoms with E-state index in [0.717, 1.165) is 11.5 Å². The highest BCUT2D eigenvalue weighted by Crippen LogP contribution is 2.12. The number of urea groups is 1. The summed E-state index contributed by atoms with van der Waals surface area (Å²) in [7, 11) is 0. The van der Waals surface area contributed by atoms with Gasteiger partial charge in [-0.15, -0.1) is 5.10 Å². The van der Waals surface area contributed by atoms with Gasteiger partial charge in [-0.25, -0.2) is 13.6 Å². The Bertz CT molecular complexity index is 388. The van der Waals surface area contributed by atoms with Gasteiger partial charge < -0.3 is 5.32 Å². The summed E-state index contributed by atoms with van der Waals surface area (Å²) in [5, 5.41) is 9.45. The zero-order chi connectivity index (χ0) is 13.0. The van der Waals surface area contributed by atoms with Crippen LogP contribution in [0.5, 0.6) is 0 Å². The zero-order valence-electron chi connectivity index (χ0n) is 9.47. The van der Waals surface area contributed by atoms with Crippen molar-refractivity contribution in [2.24, 2.45) is 0 Å². The molecule has 2 N–H and O–H groups in total. The third-order valence-corrected chi connectivity index (χ3v) is 3.18. The Hall–Kier alpha value is -1.35. The molecule has 0 bridgehead atoms. The molecule has 0 aromatic carbocycles.